The summed E-state index contributed by atoms with van der Waals surface area (Å²) in [6, 6.07) is 3.80. The number of rotatable bonds is 0. The first-order valence-electron chi connectivity index (χ1n) is 5.14. The number of pyridine rings is 1. The molecule has 0 radical (unpaired) electrons. The van der Waals surface area contributed by atoms with Gasteiger partial charge in [-0.05, 0) is 13.0 Å². The van der Waals surface area contributed by atoms with Crippen molar-refractivity contribution in [2.24, 2.45) is 0 Å². The van der Waals surface area contributed by atoms with E-state index in [4.69, 9.17) is 5.73 Å². The minimum atomic E-state index is 0.0743. The van der Waals surface area contributed by atoms with Crippen LogP contribution in [0.25, 0.3) is 5.65 Å². The Labute approximate surface area is 89.9 Å². The summed E-state index contributed by atoms with van der Waals surface area (Å²) in [7, 11) is 0. The fraction of sp³-hybridized carbons (Fsp3) is 0.417. The number of aromatic nitrogens is 2. The molecule has 0 spiro atoms. The molecule has 0 aliphatic heterocycles. The Kier molecular flexibility index (Phi) is 2.00. The van der Waals surface area contributed by atoms with E-state index in [2.05, 4.69) is 37.1 Å². The third-order valence-electron chi connectivity index (χ3n) is 2.60. The number of nitrogens with zero attached hydrogens (tertiary/aromatic N) is 2. The predicted molar refractivity (Wildman–Crippen MR) is 63.0 cm³/mol. The van der Waals surface area contributed by atoms with Gasteiger partial charge in [-0.3, -0.25) is 0 Å². The van der Waals surface area contributed by atoms with Gasteiger partial charge in [0.05, 0.1) is 5.69 Å². The van der Waals surface area contributed by atoms with E-state index in [1.807, 2.05) is 18.3 Å². The zero-order chi connectivity index (χ0) is 11.2. The van der Waals surface area contributed by atoms with E-state index in [0.29, 0.717) is 0 Å². The van der Waals surface area contributed by atoms with Crippen LogP contribution in [0.15, 0.2) is 18.3 Å². The van der Waals surface area contributed by atoms with Gasteiger partial charge in [-0.15, -0.1) is 0 Å². The minimum Gasteiger partial charge on any atom is -0.399 e. The third-order valence-corrected chi connectivity index (χ3v) is 2.60. The van der Waals surface area contributed by atoms with Gasteiger partial charge >= 0.3 is 0 Å². The maximum absolute atomic E-state index is 5.74. The van der Waals surface area contributed by atoms with Crippen molar-refractivity contribution in [3.8, 4) is 0 Å². The summed E-state index contributed by atoms with van der Waals surface area (Å²) in [5.74, 6) is 0. The second-order valence-electron chi connectivity index (χ2n) is 4.98. The lowest BCUT2D eigenvalue weighted by molar-refractivity contribution is 0.568. The van der Waals surface area contributed by atoms with Gasteiger partial charge < -0.3 is 10.1 Å². The Morgan fingerprint density at radius 2 is 2.00 bits per heavy atom. The third kappa shape index (κ3) is 1.58. The van der Waals surface area contributed by atoms with Gasteiger partial charge in [-0.25, -0.2) is 4.98 Å². The van der Waals surface area contributed by atoms with Gasteiger partial charge in [-0.2, -0.15) is 0 Å². The highest BCUT2D eigenvalue weighted by atomic mass is 15.0. The smallest absolute Gasteiger partial charge is 0.139 e. The van der Waals surface area contributed by atoms with Crippen molar-refractivity contribution in [2.45, 2.75) is 33.1 Å². The Hall–Kier alpha value is -1.51. The molecule has 0 aliphatic carbocycles. The summed E-state index contributed by atoms with van der Waals surface area (Å²) in [5.41, 5.74) is 9.82. The van der Waals surface area contributed by atoms with E-state index in [-0.39, 0.29) is 5.41 Å². The molecule has 0 fully saturated rings. The van der Waals surface area contributed by atoms with E-state index >= 15 is 0 Å². The first kappa shape index (κ1) is 10.0. The van der Waals surface area contributed by atoms with Crippen LogP contribution in [0.4, 0.5) is 5.69 Å². The first-order valence-corrected chi connectivity index (χ1v) is 5.14. The summed E-state index contributed by atoms with van der Waals surface area (Å²) < 4.78 is 2.08. The largest absolute Gasteiger partial charge is 0.399 e. The molecule has 0 saturated carbocycles. The second-order valence-corrected chi connectivity index (χ2v) is 4.98. The molecular weight excluding hydrogens is 186 g/mol. The van der Waals surface area contributed by atoms with Gasteiger partial charge in [-0.1, -0.05) is 20.8 Å². The lowest BCUT2D eigenvalue weighted by Crippen LogP contribution is -2.13. The van der Waals surface area contributed by atoms with Crippen LogP contribution in [0, 0.1) is 6.92 Å². The molecule has 2 rings (SSSR count). The van der Waals surface area contributed by atoms with Gasteiger partial charge in [0.25, 0.3) is 0 Å². The Bertz CT molecular complexity index is 503. The quantitative estimate of drug-likeness (QED) is 0.715. The maximum Gasteiger partial charge on any atom is 0.139 e. The van der Waals surface area contributed by atoms with Crippen LogP contribution >= 0.6 is 0 Å². The van der Waals surface area contributed by atoms with Gasteiger partial charge in [0.2, 0.25) is 0 Å². The van der Waals surface area contributed by atoms with E-state index < -0.39 is 0 Å². The van der Waals surface area contributed by atoms with E-state index in [1.54, 1.807) is 0 Å². The zero-order valence-electron chi connectivity index (χ0n) is 9.70. The standard InChI is InChI=1S/C12H17N3/c1-8-11(12(2,3)4)14-10-7-9(13)5-6-15(8)10/h5-7H,13H2,1-4H3. The lowest BCUT2D eigenvalue weighted by atomic mass is 9.91. The average Bonchev–Trinajstić information content (AvgIpc) is 2.42. The number of imidazole rings is 1. The summed E-state index contributed by atoms with van der Waals surface area (Å²) in [6.45, 7) is 8.61. The molecule has 0 aromatic carbocycles. The molecule has 0 atom stereocenters. The highest BCUT2D eigenvalue weighted by Crippen LogP contribution is 2.26. The number of hydrogen-bond acceptors (Lipinski definition) is 2. The SMILES string of the molecule is Cc1c(C(C)(C)C)nc2cc(N)ccn12. The molecule has 0 amide bonds. The van der Waals surface area contributed by atoms with Gasteiger partial charge in [0.15, 0.2) is 0 Å². The molecule has 2 heterocycles. The highest BCUT2D eigenvalue weighted by molar-refractivity contribution is 5.54. The van der Waals surface area contributed by atoms with Crippen molar-refractivity contribution in [1.29, 1.82) is 0 Å². The lowest BCUT2D eigenvalue weighted by Gasteiger charge is -2.16. The molecule has 0 saturated heterocycles. The fourth-order valence-corrected chi connectivity index (χ4v) is 1.89. The number of nitrogens with two attached hydrogens (primary N) is 1. The van der Waals surface area contributed by atoms with E-state index in [0.717, 1.165) is 17.0 Å². The Morgan fingerprint density at radius 3 is 2.60 bits per heavy atom. The fourth-order valence-electron chi connectivity index (χ4n) is 1.89. The van der Waals surface area contributed by atoms with Crippen molar-refractivity contribution in [3.05, 3.63) is 29.7 Å². The summed E-state index contributed by atoms with van der Waals surface area (Å²) in [6.07, 6.45) is 1.97. The molecule has 2 N–H and O–H groups in total. The summed E-state index contributed by atoms with van der Waals surface area (Å²) in [5, 5.41) is 0. The van der Waals surface area contributed by atoms with Crippen molar-refractivity contribution in [3.63, 3.8) is 0 Å². The van der Waals surface area contributed by atoms with Crippen LogP contribution < -0.4 is 5.73 Å². The van der Waals surface area contributed by atoms with E-state index in [1.165, 1.54) is 5.69 Å². The number of hydrogen-bond donors (Lipinski definition) is 1. The molecule has 15 heavy (non-hydrogen) atoms. The van der Waals surface area contributed by atoms with E-state index in [9.17, 15) is 0 Å². The Morgan fingerprint density at radius 1 is 1.33 bits per heavy atom. The molecule has 2 aromatic heterocycles. The summed E-state index contributed by atoms with van der Waals surface area (Å²) >= 11 is 0. The van der Waals surface area contributed by atoms with Gasteiger partial charge in [0, 0.05) is 29.1 Å². The maximum atomic E-state index is 5.74. The number of aryl methyl sites for hydroxylation is 1. The van der Waals surface area contributed by atoms with Crippen LogP contribution in [-0.2, 0) is 5.41 Å². The average molecular weight is 203 g/mol. The van der Waals surface area contributed by atoms with Crippen molar-refractivity contribution >= 4 is 11.3 Å². The van der Waals surface area contributed by atoms with Crippen molar-refractivity contribution in [2.75, 3.05) is 5.73 Å². The molecule has 0 aliphatic rings. The van der Waals surface area contributed by atoms with Crippen LogP contribution in [0.1, 0.15) is 32.2 Å². The zero-order valence-corrected chi connectivity index (χ0v) is 9.70. The molecule has 2 aromatic rings. The molecule has 0 bridgehead atoms. The number of anilines is 1. The molecular formula is C12H17N3. The Balaban J connectivity index is 2.75. The van der Waals surface area contributed by atoms with Gasteiger partial charge in [0.1, 0.15) is 5.65 Å². The normalized spacial score (nSPS) is 12.3. The van der Waals surface area contributed by atoms with Crippen LogP contribution in [0.5, 0.6) is 0 Å². The van der Waals surface area contributed by atoms with Crippen LogP contribution in [0.2, 0.25) is 0 Å². The number of nitrogen functional groups attached to an aromatic ring is 1. The topological polar surface area (TPSA) is 43.3 Å². The molecule has 80 valence electrons. The minimum absolute atomic E-state index is 0.0743. The highest BCUT2D eigenvalue weighted by Gasteiger charge is 2.21. The van der Waals surface area contributed by atoms with Crippen molar-refractivity contribution in [1.82, 2.24) is 9.38 Å². The second kappa shape index (κ2) is 2.99. The monoisotopic (exact) mass is 203 g/mol. The predicted octanol–water partition coefficient (Wildman–Crippen LogP) is 2.52. The molecule has 3 heteroatoms. The molecule has 0 unspecified atom stereocenters. The van der Waals surface area contributed by atoms with Crippen molar-refractivity contribution < 1.29 is 0 Å². The first-order chi connectivity index (χ1) is 6.89. The summed E-state index contributed by atoms with van der Waals surface area (Å²) in [4.78, 5) is 4.63. The van der Waals surface area contributed by atoms with Crippen LogP contribution in [0.3, 0.4) is 0 Å². The number of fused-ring (bicyclic) bond motifs is 1. The van der Waals surface area contributed by atoms with Crippen LogP contribution in [-0.4, -0.2) is 9.38 Å². The molecule has 3 nitrogen and oxygen atoms in total.